The van der Waals surface area contributed by atoms with Crippen molar-refractivity contribution in [2.24, 2.45) is 0 Å². The van der Waals surface area contributed by atoms with Crippen LogP contribution < -0.4 is 5.32 Å². The van der Waals surface area contributed by atoms with E-state index in [-0.39, 0.29) is 11.5 Å². The summed E-state index contributed by atoms with van der Waals surface area (Å²) < 4.78 is 41.1. The molecule has 1 nitrogen and oxygen atoms in total. The van der Waals surface area contributed by atoms with E-state index in [1.165, 1.54) is 24.3 Å². The average Bonchev–Trinajstić information content (AvgIpc) is 2.50. The van der Waals surface area contributed by atoms with Crippen molar-refractivity contribution in [1.29, 1.82) is 0 Å². The van der Waals surface area contributed by atoms with Crippen molar-refractivity contribution >= 4 is 0 Å². The molecule has 21 heavy (non-hydrogen) atoms. The van der Waals surface area contributed by atoms with E-state index in [4.69, 9.17) is 0 Å². The van der Waals surface area contributed by atoms with Crippen molar-refractivity contribution in [1.82, 2.24) is 5.32 Å². The Kier molecular flexibility index (Phi) is 3.97. The van der Waals surface area contributed by atoms with E-state index in [0.717, 1.165) is 37.6 Å². The molecule has 0 radical (unpaired) electrons. The Morgan fingerprint density at radius 1 is 0.952 bits per heavy atom. The van der Waals surface area contributed by atoms with Gasteiger partial charge < -0.3 is 5.32 Å². The normalized spacial score (nSPS) is 16.1. The first-order chi connectivity index (χ1) is 10.1. The summed E-state index contributed by atoms with van der Waals surface area (Å²) in [4.78, 5) is 0. The second-order valence-electron chi connectivity index (χ2n) is 5.40. The van der Waals surface area contributed by atoms with Gasteiger partial charge in [-0.3, -0.25) is 0 Å². The third kappa shape index (κ3) is 2.95. The SMILES string of the molecule is Fc1cc(-c2cccc(F)c2F)cc(C2CCNCC2)c1. The van der Waals surface area contributed by atoms with Crippen LogP contribution in [0.3, 0.4) is 0 Å². The Labute approximate surface area is 121 Å². The number of nitrogens with one attached hydrogen (secondary N) is 1. The molecule has 0 aromatic heterocycles. The van der Waals surface area contributed by atoms with Crippen LogP contribution in [0.1, 0.15) is 24.3 Å². The zero-order chi connectivity index (χ0) is 14.8. The number of rotatable bonds is 2. The highest BCUT2D eigenvalue weighted by Gasteiger charge is 2.18. The fourth-order valence-corrected chi connectivity index (χ4v) is 2.89. The van der Waals surface area contributed by atoms with Gasteiger partial charge in [-0.05, 0) is 61.2 Å². The molecule has 0 atom stereocenters. The second kappa shape index (κ2) is 5.90. The van der Waals surface area contributed by atoms with Gasteiger partial charge in [0.2, 0.25) is 0 Å². The molecular formula is C17H16F3N. The number of piperidine rings is 1. The topological polar surface area (TPSA) is 12.0 Å². The Morgan fingerprint density at radius 2 is 1.71 bits per heavy atom. The molecule has 1 aliphatic heterocycles. The maximum Gasteiger partial charge on any atom is 0.166 e. The number of hydrogen-bond donors (Lipinski definition) is 1. The molecular weight excluding hydrogens is 275 g/mol. The zero-order valence-electron chi connectivity index (χ0n) is 11.5. The van der Waals surface area contributed by atoms with E-state index >= 15 is 0 Å². The predicted octanol–water partition coefficient (Wildman–Crippen LogP) is 4.24. The molecule has 1 N–H and O–H groups in total. The minimum Gasteiger partial charge on any atom is -0.317 e. The fraction of sp³-hybridized carbons (Fsp3) is 0.294. The first-order valence-electron chi connectivity index (χ1n) is 7.11. The maximum atomic E-state index is 13.9. The van der Waals surface area contributed by atoms with Gasteiger partial charge in [0.15, 0.2) is 11.6 Å². The van der Waals surface area contributed by atoms with Gasteiger partial charge in [0, 0.05) is 5.56 Å². The lowest BCUT2D eigenvalue weighted by molar-refractivity contribution is 0.458. The summed E-state index contributed by atoms with van der Waals surface area (Å²) in [6, 6.07) is 8.49. The smallest absolute Gasteiger partial charge is 0.166 e. The molecule has 4 heteroatoms. The Morgan fingerprint density at radius 3 is 2.48 bits per heavy atom. The Balaban J connectivity index is 2.03. The molecule has 0 spiro atoms. The molecule has 1 fully saturated rings. The molecule has 2 aromatic carbocycles. The van der Waals surface area contributed by atoms with Crippen LogP contribution in [0, 0.1) is 17.5 Å². The van der Waals surface area contributed by atoms with Gasteiger partial charge in [-0.2, -0.15) is 0 Å². The van der Waals surface area contributed by atoms with Gasteiger partial charge in [0.1, 0.15) is 5.82 Å². The van der Waals surface area contributed by atoms with Gasteiger partial charge in [-0.15, -0.1) is 0 Å². The van der Waals surface area contributed by atoms with Crippen molar-refractivity contribution in [2.75, 3.05) is 13.1 Å². The van der Waals surface area contributed by atoms with E-state index in [1.54, 1.807) is 6.07 Å². The first kappa shape index (κ1) is 14.1. The van der Waals surface area contributed by atoms with Crippen LogP contribution in [0.4, 0.5) is 13.2 Å². The molecule has 1 aliphatic rings. The average molecular weight is 291 g/mol. The highest BCUT2D eigenvalue weighted by molar-refractivity contribution is 5.65. The van der Waals surface area contributed by atoms with Crippen LogP contribution in [-0.4, -0.2) is 13.1 Å². The van der Waals surface area contributed by atoms with E-state index in [9.17, 15) is 13.2 Å². The van der Waals surface area contributed by atoms with Gasteiger partial charge in [0.25, 0.3) is 0 Å². The van der Waals surface area contributed by atoms with E-state index in [2.05, 4.69) is 5.32 Å². The number of halogens is 3. The monoisotopic (exact) mass is 291 g/mol. The molecule has 0 saturated carbocycles. The number of benzene rings is 2. The molecule has 1 heterocycles. The van der Waals surface area contributed by atoms with Crippen molar-refractivity contribution in [3.63, 3.8) is 0 Å². The predicted molar refractivity (Wildman–Crippen MR) is 76.6 cm³/mol. The van der Waals surface area contributed by atoms with Crippen molar-refractivity contribution in [3.8, 4) is 11.1 Å². The first-order valence-corrected chi connectivity index (χ1v) is 7.11. The van der Waals surface area contributed by atoms with E-state index in [1.807, 2.05) is 0 Å². The zero-order valence-corrected chi connectivity index (χ0v) is 11.5. The largest absolute Gasteiger partial charge is 0.317 e. The summed E-state index contributed by atoms with van der Waals surface area (Å²) in [7, 11) is 0. The minimum atomic E-state index is -0.931. The number of hydrogen-bond acceptors (Lipinski definition) is 1. The summed E-state index contributed by atoms with van der Waals surface area (Å²) in [5, 5.41) is 3.26. The molecule has 0 amide bonds. The Hall–Kier alpha value is -1.81. The minimum absolute atomic E-state index is 0.102. The Bertz CT molecular complexity index is 648. The summed E-state index contributed by atoms with van der Waals surface area (Å²) >= 11 is 0. The van der Waals surface area contributed by atoms with Crippen LogP contribution >= 0.6 is 0 Å². The third-order valence-electron chi connectivity index (χ3n) is 3.99. The lowest BCUT2D eigenvalue weighted by Gasteiger charge is -2.23. The lowest BCUT2D eigenvalue weighted by Crippen LogP contribution is -2.26. The molecule has 1 saturated heterocycles. The van der Waals surface area contributed by atoms with Crippen molar-refractivity contribution in [3.05, 3.63) is 59.4 Å². The fourth-order valence-electron chi connectivity index (χ4n) is 2.89. The summed E-state index contributed by atoms with van der Waals surface area (Å²) in [6.07, 6.45) is 1.85. The second-order valence-corrected chi connectivity index (χ2v) is 5.40. The molecule has 0 unspecified atom stereocenters. The van der Waals surface area contributed by atoms with Crippen molar-refractivity contribution < 1.29 is 13.2 Å². The molecule has 3 rings (SSSR count). The summed E-state index contributed by atoms with van der Waals surface area (Å²) in [5.41, 5.74) is 1.35. The maximum absolute atomic E-state index is 13.9. The van der Waals surface area contributed by atoms with Crippen LogP contribution in [0.25, 0.3) is 11.1 Å². The molecule has 110 valence electrons. The summed E-state index contributed by atoms with van der Waals surface area (Å²) in [6.45, 7) is 1.79. The van der Waals surface area contributed by atoms with Crippen LogP contribution in [-0.2, 0) is 0 Å². The summed E-state index contributed by atoms with van der Waals surface area (Å²) in [5.74, 6) is -2.00. The van der Waals surface area contributed by atoms with Crippen LogP contribution in [0.15, 0.2) is 36.4 Å². The highest BCUT2D eigenvalue weighted by Crippen LogP contribution is 2.31. The molecule has 0 aliphatic carbocycles. The third-order valence-corrected chi connectivity index (χ3v) is 3.99. The van der Waals surface area contributed by atoms with Gasteiger partial charge in [-0.1, -0.05) is 18.2 Å². The van der Waals surface area contributed by atoms with Crippen molar-refractivity contribution in [2.45, 2.75) is 18.8 Å². The lowest BCUT2D eigenvalue weighted by atomic mass is 9.88. The van der Waals surface area contributed by atoms with E-state index < -0.39 is 17.5 Å². The van der Waals surface area contributed by atoms with Crippen LogP contribution in [0.2, 0.25) is 0 Å². The van der Waals surface area contributed by atoms with Gasteiger partial charge in [0.05, 0.1) is 0 Å². The van der Waals surface area contributed by atoms with Gasteiger partial charge >= 0.3 is 0 Å². The van der Waals surface area contributed by atoms with Gasteiger partial charge in [-0.25, -0.2) is 13.2 Å². The highest BCUT2D eigenvalue weighted by atomic mass is 19.2. The quantitative estimate of drug-likeness (QED) is 0.872. The van der Waals surface area contributed by atoms with E-state index in [0.29, 0.717) is 5.56 Å². The van der Waals surface area contributed by atoms with Crippen LogP contribution in [0.5, 0.6) is 0 Å². The molecule has 0 bridgehead atoms. The standard InChI is InChI=1S/C17H16F3N/c18-14-9-12(11-4-6-21-7-5-11)8-13(10-14)15-2-1-3-16(19)17(15)20/h1-3,8-11,21H,4-7H2. The molecule has 2 aromatic rings.